The number of carbonyl (C=O) groups excluding carboxylic acids is 3. The minimum absolute atomic E-state index is 0.0629. The molecule has 0 radical (unpaired) electrons. The van der Waals surface area contributed by atoms with Crippen molar-refractivity contribution >= 4 is 23.5 Å². The summed E-state index contributed by atoms with van der Waals surface area (Å²) >= 11 is 0. The number of hydrogen-bond donors (Lipinski definition) is 3. The normalized spacial score (nSPS) is 23.2. The summed E-state index contributed by atoms with van der Waals surface area (Å²) in [6, 6.07) is 5.17. The maximum atomic E-state index is 12.0. The van der Waals surface area contributed by atoms with E-state index in [1.54, 1.807) is 0 Å². The van der Waals surface area contributed by atoms with Gasteiger partial charge in [0.15, 0.2) is 0 Å². The number of hydrogen-bond acceptors (Lipinski definition) is 3. The van der Waals surface area contributed by atoms with Crippen molar-refractivity contribution in [2.75, 3.05) is 5.32 Å². The van der Waals surface area contributed by atoms with Crippen LogP contribution in [0.4, 0.5) is 10.5 Å². The first-order chi connectivity index (χ1) is 10.2. The van der Waals surface area contributed by atoms with Crippen LogP contribution in [-0.4, -0.2) is 23.4 Å². The largest absolute Gasteiger partial charge is 0.326 e. The first-order valence-electron chi connectivity index (χ1n) is 7.26. The van der Waals surface area contributed by atoms with Gasteiger partial charge in [-0.2, -0.15) is 0 Å². The van der Waals surface area contributed by atoms with Crippen molar-refractivity contribution in [2.24, 2.45) is 5.41 Å². The molecule has 2 aliphatic rings. The van der Waals surface area contributed by atoms with E-state index in [2.05, 4.69) is 16.0 Å². The minimum atomic E-state index is -0.869. The second-order valence-electron chi connectivity index (χ2n) is 7.03. The van der Waals surface area contributed by atoms with E-state index < -0.39 is 17.0 Å². The molecule has 1 spiro atoms. The average molecular weight is 301 g/mol. The smallest absolute Gasteiger partial charge is 0.322 e. The molecule has 0 saturated carbocycles. The van der Waals surface area contributed by atoms with Gasteiger partial charge >= 0.3 is 6.03 Å². The van der Waals surface area contributed by atoms with Gasteiger partial charge in [-0.15, -0.1) is 0 Å². The third-order valence-corrected chi connectivity index (χ3v) is 4.14. The fraction of sp³-hybridized carbons (Fsp3) is 0.438. The van der Waals surface area contributed by atoms with Gasteiger partial charge in [-0.05, 0) is 23.3 Å². The molecule has 3 rings (SSSR count). The van der Waals surface area contributed by atoms with Crippen LogP contribution in [0.5, 0.6) is 0 Å². The molecule has 1 aliphatic heterocycles. The quantitative estimate of drug-likeness (QED) is 0.684. The standard InChI is InChI=1S/C16H19N3O3/c1-15(2,3)12(20)17-11-5-4-9-7-16(8-10(9)6-11)13(21)18-14(22)19-16/h4-6H,7-8H2,1-3H3,(H,17,20)(H2,18,19,21,22). The van der Waals surface area contributed by atoms with Crippen molar-refractivity contribution in [3.63, 3.8) is 0 Å². The Bertz CT molecular complexity index is 690. The molecule has 22 heavy (non-hydrogen) atoms. The van der Waals surface area contributed by atoms with E-state index in [1.807, 2.05) is 39.0 Å². The number of anilines is 1. The fourth-order valence-electron chi connectivity index (χ4n) is 2.85. The lowest BCUT2D eigenvalue weighted by Crippen LogP contribution is -2.47. The number of amides is 4. The van der Waals surface area contributed by atoms with Gasteiger partial charge in [0.1, 0.15) is 5.54 Å². The molecule has 6 heteroatoms. The Kier molecular flexibility index (Phi) is 3.02. The number of fused-ring (bicyclic) bond motifs is 1. The van der Waals surface area contributed by atoms with Gasteiger partial charge in [0.2, 0.25) is 5.91 Å². The number of nitrogens with one attached hydrogen (secondary N) is 3. The molecule has 0 bridgehead atoms. The first kappa shape index (κ1) is 14.6. The summed E-state index contributed by atoms with van der Waals surface area (Å²) in [6.07, 6.45) is 0.923. The minimum Gasteiger partial charge on any atom is -0.326 e. The highest BCUT2D eigenvalue weighted by Gasteiger charge is 2.49. The third kappa shape index (κ3) is 2.34. The van der Waals surface area contributed by atoms with Crippen LogP contribution >= 0.6 is 0 Å². The average Bonchev–Trinajstić information content (AvgIpc) is 2.87. The molecule has 0 aromatic heterocycles. The van der Waals surface area contributed by atoms with Crippen molar-refractivity contribution in [3.05, 3.63) is 29.3 Å². The Hall–Kier alpha value is -2.37. The highest BCUT2D eigenvalue weighted by atomic mass is 16.2. The molecule has 3 N–H and O–H groups in total. The molecule has 1 saturated heterocycles. The van der Waals surface area contributed by atoms with Crippen molar-refractivity contribution in [1.29, 1.82) is 0 Å². The topological polar surface area (TPSA) is 87.3 Å². The van der Waals surface area contributed by atoms with Crippen LogP contribution in [-0.2, 0) is 22.4 Å². The number of urea groups is 1. The van der Waals surface area contributed by atoms with Crippen molar-refractivity contribution in [3.8, 4) is 0 Å². The molecule has 1 fully saturated rings. The highest BCUT2D eigenvalue weighted by Crippen LogP contribution is 2.34. The molecule has 1 atom stereocenters. The maximum absolute atomic E-state index is 12.0. The first-order valence-corrected chi connectivity index (χ1v) is 7.26. The summed E-state index contributed by atoms with van der Waals surface area (Å²) < 4.78 is 0. The van der Waals surface area contributed by atoms with Crippen LogP contribution in [0.1, 0.15) is 31.9 Å². The Balaban J connectivity index is 1.82. The summed E-state index contributed by atoms with van der Waals surface area (Å²) in [6.45, 7) is 5.55. The summed E-state index contributed by atoms with van der Waals surface area (Å²) in [5.41, 5.74) is 1.36. The van der Waals surface area contributed by atoms with Gasteiger partial charge in [0.25, 0.3) is 5.91 Å². The monoisotopic (exact) mass is 301 g/mol. The van der Waals surface area contributed by atoms with Gasteiger partial charge in [-0.1, -0.05) is 26.8 Å². The Labute approximate surface area is 128 Å². The molecular formula is C16H19N3O3. The lowest BCUT2D eigenvalue weighted by molar-refractivity contribution is -0.124. The molecule has 4 amide bonds. The predicted octanol–water partition coefficient (Wildman–Crippen LogP) is 1.35. The Morgan fingerprint density at radius 1 is 1.18 bits per heavy atom. The Morgan fingerprint density at radius 3 is 2.45 bits per heavy atom. The molecule has 1 aliphatic carbocycles. The van der Waals surface area contributed by atoms with Gasteiger partial charge in [0.05, 0.1) is 0 Å². The van der Waals surface area contributed by atoms with Crippen molar-refractivity contribution in [2.45, 2.75) is 39.2 Å². The zero-order valence-electron chi connectivity index (χ0n) is 12.9. The van der Waals surface area contributed by atoms with E-state index in [9.17, 15) is 14.4 Å². The molecule has 116 valence electrons. The van der Waals surface area contributed by atoms with Crippen LogP contribution < -0.4 is 16.0 Å². The van der Waals surface area contributed by atoms with E-state index in [1.165, 1.54) is 0 Å². The summed E-state index contributed by atoms with van der Waals surface area (Å²) in [5.74, 6) is -0.346. The van der Waals surface area contributed by atoms with Gasteiger partial charge < -0.3 is 10.6 Å². The summed E-state index contributed by atoms with van der Waals surface area (Å²) in [4.78, 5) is 35.4. The second kappa shape index (κ2) is 4.56. The highest BCUT2D eigenvalue weighted by molar-refractivity contribution is 6.08. The number of carbonyl (C=O) groups is 3. The van der Waals surface area contributed by atoms with E-state index >= 15 is 0 Å². The second-order valence-corrected chi connectivity index (χ2v) is 7.03. The van der Waals surface area contributed by atoms with Crippen LogP contribution in [0.25, 0.3) is 0 Å². The lowest BCUT2D eigenvalue weighted by Gasteiger charge is -2.18. The third-order valence-electron chi connectivity index (χ3n) is 4.14. The zero-order chi connectivity index (χ0) is 16.1. The van der Waals surface area contributed by atoms with E-state index in [-0.39, 0.29) is 11.8 Å². The maximum Gasteiger partial charge on any atom is 0.322 e. The number of rotatable bonds is 1. The van der Waals surface area contributed by atoms with Crippen LogP contribution in [0.3, 0.4) is 0 Å². The van der Waals surface area contributed by atoms with E-state index in [0.29, 0.717) is 18.5 Å². The fourth-order valence-corrected chi connectivity index (χ4v) is 2.85. The molecule has 1 aromatic carbocycles. The van der Waals surface area contributed by atoms with Crippen molar-refractivity contribution < 1.29 is 14.4 Å². The summed E-state index contributed by atoms with van der Waals surface area (Å²) in [7, 11) is 0. The number of imide groups is 1. The van der Waals surface area contributed by atoms with Crippen LogP contribution in [0.2, 0.25) is 0 Å². The van der Waals surface area contributed by atoms with Crippen LogP contribution in [0, 0.1) is 5.41 Å². The molecule has 6 nitrogen and oxygen atoms in total. The molecule has 1 heterocycles. The SMILES string of the molecule is CC(C)(C)C(=O)Nc1ccc2c(c1)CC1(C2)NC(=O)NC1=O. The van der Waals surface area contributed by atoms with E-state index in [0.717, 1.165) is 11.1 Å². The van der Waals surface area contributed by atoms with Gasteiger partial charge in [-0.25, -0.2) is 4.79 Å². The number of benzene rings is 1. The molecule has 1 aromatic rings. The molecule has 1 unspecified atom stereocenters. The van der Waals surface area contributed by atoms with E-state index in [4.69, 9.17) is 0 Å². The van der Waals surface area contributed by atoms with Crippen molar-refractivity contribution in [1.82, 2.24) is 10.6 Å². The van der Waals surface area contributed by atoms with Crippen LogP contribution in [0.15, 0.2) is 18.2 Å². The Morgan fingerprint density at radius 2 is 1.86 bits per heavy atom. The van der Waals surface area contributed by atoms with Gasteiger partial charge in [0, 0.05) is 23.9 Å². The van der Waals surface area contributed by atoms with Gasteiger partial charge in [-0.3, -0.25) is 14.9 Å². The zero-order valence-corrected chi connectivity index (χ0v) is 12.9. The molecular weight excluding hydrogens is 282 g/mol. The predicted molar refractivity (Wildman–Crippen MR) is 81.3 cm³/mol. The lowest BCUT2D eigenvalue weighted by atomic mass is 9.95. The summed E-state index contributed by atoms with van der Waals surface area (Å²) in [5, 5.41) is 7.90.